The highest BCUT2D eigenvalue weighted by atomic mass is 16.5. The number of aromatic nitrogens is 3. The van der Waals surface area contributed by atoms with Crippen molar-refractivity contribution in [2.24, 2.45) is 0 Å². The number of anilines is 2. The predicted molar refractivity (Wildman–Crippen MR) is 280 cm³/mol. The first-order chi connectivity index (χ1) is 33.6. The van der Waals surface area contributed by atoms with E-state index in [1.165, 1.54) is 16.8 Å². The first kappa shape index (κ1) is 38.4. The van der Waals surface area contributed by atoms with E-state index in [1.807, 2.05) is 66.7 Å². The van der Waals surface area contributed by atoms with Gasteiger partial charge in [-0.2, -0.15) is 0 Å². The molecule has 330 valence electrons. The van der Waals surface area contributed by atoms with Crippen molar-refractivity contribution >= 4 is 44.2 Å². The van der Waals surface area contributed by atoms with Gasteiger partial charge in [0.05, 0.1) is 28.7 Å². The number of benzene rings is 7. The monoisotopic (exact) mass is 876 g/mol. The molecule has 0 atom stereocenters. The van der Waals surface area contributed by atoms with Crippen LogP contribution in [0, 0.1) is 6.85 Å². The Labute approximate surface area is 397 Å². The second-order valence-corrected chi connectivity index (χ2v) is 19.7. The molecule has 1 aliphatic rings. The number of rotatable bonds is 8. The third-order valence-electron chi connectivity index (χ3n) is 13.0. The van der Waals surface area contributed by atoms with Crippen LogP contribution in [-0.2, 0) is 10.8 Å². The van der Waals surface area contributed by atoms with Crippen molar-refractivity contribution in [1.29, 1.82) is 0 Å². The normalized spacial score (nSPS) is 14.0. The quantitative estimate of drug-likeness (QED) is 0.152. The highest BCUT2D eigenvalue weighted by Gasteiger charge is 2.26. The van der Waals surface area contributed by atoms with Crippen LogP contribution in [0.5, 0.6) is 11.5 Å². The molecule has 10 aromatic rings. The lowest BCUT2D eigenvalue weighted by Gasteiger charge is -2.29. The molecule has 0 N–H and O–H groups in total. The summed E-state index contributed by atoms with van der Waals surface area (Å²) in [6.07, 6.45) is 6.02. The Hall–Kier alpha value is -7.83. The number of ether oxygens (including phenoxy) is 1. The highest BCUT2D eigenvalue weighted by Crippen LogP contribution is 2.43. The van der Waals surface area contributed by atoms with E-state index in [2.05, 4.69) is 176 Å². The van der Waals surface area contributed by atoms with Gasteiger partial charge in [-0.25, -0.2) is 4.98 Å². The molecule has 0 radical (unpaired) electrons. The molecule has 0 saturated carbocycles. The first-order valence-corrected chi connectivity index (χ1v) is 23.0. The predicted octanol–water partition coefficient (Wildman–Crippen LogP) is 15.9. The van der Waals surface area contributed by atoms with E-state index in [0.29, 0.717) is 29.5 Å². The van der Waals surface area contributed by atoms with Gasteiger partial charge in [0, 0.05) is 68.2 Å². The van der Waals surface area contributed by atoms with Crippen molar-refractivity contribution in [3.8, 4) is 45.3 Å². The molecular formula is C61H55N5O. The van der Waals surface area contributed by atoms with Gasteiger partial charge >= 0.3 is 0 Å². The molecule has 0 fully saturated rings. The molecule has 0 saturated heterocycles. The van der Waals surface area contributed by atoms with Crippen molar-refractivity contribution < 1.29 is 8.85 Å². The van der Waals surface area contributed by atoms with E-state index in [1.54, 1.807) is 12.3 Å². The number of para-hydroxylation sites is 2. The van der Waals surface area contributed by atoms with Gasteiger partial charge in [-0.3, -0.25) is 4.57 Å². The molecule has 6 heteroatoms. The van der Waals surface area contributed by atoms with Gasteiger partial charge in [-0.15, -0.1) is 0 Å². The summed E-state index contributed by atoms with van der Waals surface area (Å²) < 4.78 is 37.7. The molecule has 6 nitrogen and oxygen atoms in total. The smallest absolute Gasteiger partial charge is 0.137 e. The molecule has 0 spiro atoms. The van der Waals surface area contributed by atoms with Crippen LogP contribution in [-0.4, -0.2) is 20.8 Å². The zero-order valence-corrected chi connectivity index (χ0v) is 38.8. The fourth-order valence-corrected chi connectivity index (χ4v) is 9.41. The highest BCUT2D eigenvalue weighted by molar-refractivity contribution is 6.20. The van der Waals surface area contributed by atoms with Gasteiger partial charge < -0.3 is 19.1 Å². The molecule has 0 amide bonds. The Bertz CT molecular complexity index is 3580. The van der Waals surface area contributed by atoms with Crippen LogP contribution in [0.25, 0.3) is 66.6 Å². The topological polar surface area (TPSA) is 38.5 Å². The van der Waals surface area contributed by atoms with E-state index in [0.717, 1.165) is 60.9 Å². The standard InChI is InChI=1S/C61H55N5O/c1-41-31-57(62-39-54(41)43-21-13-9-14-22-43)66-56-38-50(27-28-53(56)58-59(66)52-25-17-18-26-55(52)65(58)47-23-15-10-16-24-47)67-51-33-44(42-19-11-8-12-20-42)32-48(37-51)63-29-30-64(40-63)49-35-45(60(2,3)4)34-46(36-49)61(5,6)7/h8-39H,40H2,1-7H3/i1D3. The Morgan fingerprint density at radius 2 is 1.09 bits per heavy atom. The average Bonchev–Trinajstić information content (AvgIpc) is 4.07. The Balaban J connectivity index is 1.06. The lowest BCUT2D eigenvalue weighted by atomic mass is 9.80. The number of aryl methyl sites for hydroxylation is 1. The zero-order chi connectivity index (χ0) is 48.5. The second kappa shape index (κ2) is 16.2. The molecule has 0 bridgehead atoms. The van der Waals surface area contributed by atoms with Crippen LogP contribution in [0.2, 0.25) is 0 Å². The third-order valence-corrected chi connectivity index (χ3v) is 13.0. The molecule has 67 heavy (non-hydrogen) atoms. The van der Waals surface area contributed by atoms with E-state index < -0.39 is 6.85 Å². The number of fused-ring (bicyclic) bond motifs is 5. The zero-order valence-electron chi connectivity index (χ0n) is 41.8. The van der Waals surface area contributed by atoms with Crippen LogP contribution in [0.4, 0.5) is 11.4 Å². The van der Waals surface area contributed by atoms with Gasteiger partial charge in [0.25, 0.3) is 0 Å². The molecule has 7 aromatic carbocycles. The molecular weight excluding hydrogens is 819 g/mol. The summed E-state index contributed by atoms with van der Waals surface area (Å²) in [5, 5.41) is 1.98. The van der Waals surface area contributed by atoms with Crippen molar-refractivity contribution in [2.75, 3.05) is 16.5 Å². The largest absolute Gasteiger partial charge is 0.457 e. The maximum absolute atomic E-state index is 8.75. The van der Waals surface area contributed by atoms with Crippen molar-refractivity contribution in [3.63, 3.8) is 0 Å². The first-order valence-electron chi connectivity index (χ1n) is 24.5. The molecule has 0 aliphatic carbocycles. The van der Waals surface area contributed by atoms with Crippen molar-refractivity contribution in [1.82, 2.24) is 14.1 Å². The van der Waals surface area contributed by atoms with Gasteiger partial charge in [0.2, 0.25) is 0 Å². The van der Waals surface area contributed by atoms with Crippen molar-refractivity contribution in [2.45, 2.75) is 59.2 Å². The Morgan fingerprint density at radius 3 is 1.76 bits per heavy atom. The number of pyridine rings is 1. The molecule has 3 aromatic heterocycles. The minimum absolute atomic E-state index is 0.00386. The summed E-state index contributed by atoms with van der Waals surface area (Å²) in [5.41, 5.74) is 13.3. The number of nitrogens with zero attached hydrogens (tertiary/aromatic N) is 5. The van der Waals surface area contributed by atoms with E-state index in [9.17, 15) is 0 Å². The van der Waals surface area contributed by atoms with Gasteiger partial charge in [-0.05, 0) is 112 Å². The maximum atomic E-state index is 8.75. The summed E-state index contributed by atoms with van der Waals surface area (Å²) in [5.74, 6) is 1.81. The average molecular weight is 877 g/mol. The van der Waals surface area contributed by atoms with Crippen LogP contribution in [0.3, 0.4) is 0 Å². The Kier molecular flexibility index (Phi) is 9.32. The summed E-state index contributed by atoms with van der Waals surface area (Å²) in [6.45, 7) is 11.9. The van der Waals surface area contributed by atoms with Crippen LogP contribution >= 0.6 is 0 Å². The molecule has 4 heterocycles. The van der Waals surface area contributed by atoms with Crippen molar-refractivity contribution in [3.05, 3.63) is 211 Å². The maximum Gasteiger partial charge on any atom is 0.137 e. The third kappa shape index (κ3) is 7.72. The summed E-state index contributed by atoms with van der Waals surface area (Å²) in [4.78, 5) is 9.66. The van der Waals surface area contributed by atoms with Crippen LogP contribution in [0.1, 0.15) is 62.3 Å². The molecule has 1 aliphatic heterocycles. The van der Waals surface area contributed by atoms with E-state index >= 15 is 0 Å². The summed E-state index contributed by atoms with van der Waals surface area (Å²) in [7, 11) is 0. The second-order valence-electron chi connectivity index (χ2n) is 19.7. The van der Waals surface area contributed by atoms with E-state index in [-0.39, 0.29) is 16.4 Å². The minimum Gasteiger partial charge on any atom is -0.457 e. The molecule has 11 rings (SSSR count). The fraction of sp³-hybridized carbons (Fsp3) is 0.164. The van der Waals surface area contributed by atoms with Gasteiger partial charge in [0.15, 0.2) is 0 Å². The van der Waals surface area contributed by atoms with Crippen LogP contribution in [0.15, 0.2) is 195 Å². The fourth-order valence-electron chi connectivity index (χ4n) is 9.41. The Morgan fingerprint density at radius 1 is 0.493 bits per heavy atom. The lowest BCUT2D eigenvalue weighted by molar-refractivity contribution is 0.483. The summed E-state index contributed by atoms with van der Waals surface area (Å²) in [6, 6.07) is 60.1. The van der Waals surface area contributed by atoms with E-state index in [4.69, 9.17) is 13.8 Å². The van der Waals surface area contributed by atoms with Gasteiger partial charge in [-0.1, -0.05) is 145 Å². The summed E-state index contributed by atoms with van der Waals surface area (Å²) >= 11 is 0. The number of hydrogen-bond donors (Lipinski definition) is 0. The minimum atomic E-state index is -2.41. The number of hydrogen-bond acceptors (Lipinski definition) is 4. The molecule has 0 unspecified atom stereocenters. The SMILES string of the molecule is [2H]C([2H])([2H])c1cc(-n2c3cc(Oc4cc(-c5ccccc5)cc(N5C=CN(c6cc(C(C)(C)C)cc(C(C)(C)C)c6)C5)c4)ccc3c3c2c2ccccc2n3-c2ccccc2)ncc1-c1ccccc1. The van der Waals surface area contributed by atoms with Crippen LogP contribution < -0.4 is 14.5 Å². The lowest BCUT2D eigenvalue weighted by Crippen LogP contribution is -2.26. The van der Waals surface area contributed by atoms with Gasteiger partial charge in [0.1, 0.15) is 17.3 Å².